The smallest absolute Gasteiger partial charge is 0.307 e. The lowest BCUT2D eigenvalue weighted by Crippen LogP contribution is -2.54. The van der Waals surface area contributed by atoms with Crippen molar-refractivity contribution >= 4 is 34.5 Å². The fourth-order valence-corrected chi connectivity index (χ4v) is 4.53. The van der Waals surface area contributed by atoms with Crippen molar-refractivity contribution in [1.29, 1.82) is 0 Å². The number of rotatable bonds is 8. The number of carbonyl (C=O) groups excluding carboxylic acids is 3. The fourth-order valence-electron chi connectivity index (χ4n) is 4.53. The molecule has 8 heteroatoms. The van der Waals surface area contributed by atoms with Crippen LogP contribution in [0, 0.1) is 17.8 Å². The highest BCUT2D eigenvalue weighted by molar-refractivity contribution is 6.23. The molecule has 1 aliphatic rings. The Hall–Kier alpha value is -3.26. The van der Waals surface area contributed by atoms with Gasteiger partial charge in [0.2, 0.25) is 5.91 Å². The molecule has 0 aromatic heterocycles. The Morgan fingerprint density at radius 1 is 1.06 bits per heavy atom. The summed E-state index contributed by atoms with van der Waals surface area (Å²) >= 11 is 0. The molecule has 3 amide bonds. The number of benzene rings is 2. The van der Waals surface area contributed by atoms with Crippen LogP contribution in [-0.2, 0) is 9.59 Å². The van der Waals surface area contributed by atoms with E-state index in [9.17, 15) is 24.3 Å². The monoisotopic (exact) mass is 439 g/mol. The summed E-state index contributed by atoms with van der Waals surface area (Å²) in [4.78, 5) is 53.5. The van der Waals surface area contributed by atoms with Crippen LogP contribution in [0.25, 0.3) is 10.8 Å². The molecule has 1 heterocycles. The van der Waals surface area contributed by atoms with Gasteiger partial charge in [-0.15, -0.1) is 0 Å². The maximum Gasteiger partial charge on any atom is 0.307 e. The van der Waals surface area contributed by atoms with Gasteiger partial charge in [0.05, 0.1) is 29.1 Å². The summed E-state index contributed by atoms with van der Waals surface area (Å²) in [6, 6.07) is 10.7. The van der Waals surface area contributed by atoms with Crippen molar-refractivity contribution in [2.75, 3.05) is 14.1 Å². The highest BCUT2D eigenvalue weighted by Gasteiger charge is 2.46. The molecule has 0 aliphatic carbocycles. The minimum Gasteiger partial charge on any atom is -0.481 e. The van der Waals surface area contributed by atoms with Gasteiger partial charge in [0.1, 0.15) is 0 Å². The number of nitrogens with zero attached hydrogens (tertiary/aromatic N) is 2. The SMILES string of the molecule is CCC[C@H](C(=O)N(C)C)[C@H](C(=O)O)C(C)C(N)N1C(=O)c2cc3ccccc3cc2C1=O. The largest absolute Gasteiger partial charge is 0.481 e. The van der Waals surface area contributed by atoms with Gasteiger partial charge < -0.3 is 15.7 Å². The van der Waals surface area contributed by atoms with Gasteiger partial charge in [-0.05, 0) is 29.3 Å². The van der Waals surface area contributed by atoms with Gasteiger partial charge in [0.15, 0.2) is 0 Å². The van der Waals surface area contributed by atoms with E-state index in [-0.39, 0.29) is 17.0 Å². The number of carboxylic acid groups (broad SMARTS) is 1. The summed E-state index contributed by atoms with van der Waals surface area (Å²) in [6.07, 6.45) is -0.227. The molecule has 0 saturated carbocycles. The normalized spacial score (nSPS) is 17.1. The number of carboxylic acids is 1. The van der Waals surface area contributed by atoms with E-state index in [4.69, 9.17) is 5.73 Å². The first-order valence-electron chi connectivity index (χ1n) is 10.7. The number of imide groups is 1. The minimum atomic E-state index is -1.19. The van der Waals surface area contributed by atoms with Crippen LogP contribution in [0.15, 0.2) is 36.4 Å². The lowest BCUT2D eigenvalue weighted by molar-refractivity contribution is -0.153. The van der Waals surface area contributed by atoms with Gasteiger partial charge >= 0.3 is 5.97 Å². The molecule has 0 radical (unpaired) electrons. The van der Waals surface area contributed by atoms with Crippen LogP contribution < -0.4 is 5.73 Å². The molecule has 2 aromatic rings. The quantitative estimate of drug-likeness (QED) is 0.610. The first-order chi connectivity index (χ1) is 15.1. The number of fused-ring (bicyclic) bond motifs is 2. The highest BCUT2D eigenvalue weighted by Crippen LogP contribution is 2.34. The molecule has 0 fully saturated rings. The number of carbonyl (C=O) groups is 4. The van der Waals surface area contributed by atoms with E-state index in [1.807, 2.05) is 31.2 Å². The predicted octanol–water partition coefficient (Wildman–Crippen LogP) is 2.56. The Labute approximate surface area is 187 Å². The van der Waals surface area contributed by atoms with E-state index < -0.39 is 41.7 Å². The number of nitrogens with two attached hydrogens (primary N) is 1. The molecular formula is C24H29N3O5. The molecule has 0 saturated heterocycles. The average Bonchev–Trinajstić information content (AvgIpc) is 2.99. The molecule has 8 nitrogen and oxygen atoms in total. The van der Waals surface area contributed by atoms with Crippen molar-refractivity contribution < 1.29 is 24.3 Å². The summed E-state index contributed by atoms with van der Waals surface area (Å²) in [5.41, 5.74) is 6.85. The van der Waals surface area contributed by atoms with Crippen molar-refractivity contribution in [1.82, 2.24) is 9.80 Å². The zero-order valence-electron chi connectivity index (χ0n) is 18.7. The van der Waals surface area contributed by atoms with Gasteiger partial charge in [-0.3, -0.25) is 24.1 Å². The fraction of sp³-hybridized carbons (Fsp3) is 0.417. The maximum absolute atomic E-state index is 13.1. The second kappa shape index (κ2) is 9.08. The molecule has 170 valence electrons. The standard InChI is InChI=1S/C24H29N3O5/c1-5-8-16(21(28)26(3)4)19(24(31)32)13(2)20(25)27-22(29)17-11-14-9-6-7-10-15(14)12-18(17)23(27)30/h6-7,9-13,16,19-20H,5,8,25H2,1-4H3,(H,31,32)/t13?,16-,19+,20?/m0/s1. The molecule has 0 spiro atoms. The Balaban J connectivity index is 1.96. The number of amides is 3. The first kappa shape index (κ1) is 23.4. The topological polar surface area (TPSA) is 121 Å². The third-order valence-corrected chi connectivity index (χ3v) is 6.26. The van der Waals surface area contributed by atoms with Crippen LogP contribution in [0.2, 0.25) is 0 Å². The third kappa shape index (κ3) is 3.98. The predicted molar refractivity (Wildman–Crippen MR) is 120 cm³/mol. The zero-order valence-corrected chi connectivity index (χ0v) is 18.7. The maximum atomic E-state index is 13.1. The lowest BCUT2D eigenvalue weighted by atomic mass is 9.77. The van der Waals surface area contributed by atoms with Gasteiger partial charge in [0.25, 0.3) is 11.8 Å². The average molecular weight is 440 g/mol. The molecule has 0 bridgehead atoms. The van der Waals surface area contributed by atoms with Crippen molar-refractivity contribution in [3.63, 3.8) is 0 Å². The summed E-state index contributed by atoms with van der Waals surface area (Å²) in [6.45, 7) is 3.45. The molecule has 32 heavy (non-hydrogen) atoms. The minimum absolute atomic E-state index is 0.248. The summed E-state index contributed by atoms with van der Waals surface area (Å²) in [7, 11) is 3.15. The van der Waals surface area contributed by atoms with E-state index in [1.54, 1.807) is 33.2 Å². The molecule has 1 aliphatic heterocycles. The molecule has 4 atom stereocenters. The van der Waals surface area contributed by atoms with Crippen molar-refractivity contribution in [2.24, 2.45) is 23.5 Å². The Morgan fingerprint density at radius 3 is 1.97 bits per heavy atom. The van der Waals surface area contributed by atoms with Crippen LogP contribution >= 0.6 is 0 Å². The van der Waals surface area contributed by atoms with Crippen LogP contribution in [-0.4, -0.2) is 58.9 Å². The van der Waals surface area contributed by atoms with Gasteiger partial charge in [-0.1, -0.05) is 44.5 Å². The highest BCUT2D eigenvalue weighted by atomic mass is 16.4. The Morgan fingerprint density at radius 2 is 1.56 bits per heavy atom. The summed E-state index contributed by atoms with van der Waals surface area (Å²) < 4.78 is 0. The molecule has 3 rings (SSSR count). The van der Waals surface area contributed by atoms with E-state index in [2.05, 4.69) is 0 Å². The number of aliphatic carboxylic acids is 1. The molecule has 3 N–H and O–H groups in total. The first-order valence-corrected chi connectivity index (χ1v) is 10.7. The molecular weight excluding hydrogens is 410 g/mol. The second-order valence-electron chi connectivity index (χ2n) is 8.57. The van der Waals surface area contributed by atoms with Gasteiger partial charge in [0, 0.05) is 20.0 Å². The Kier molecular flexibility index (Phi) is 6.64. The van der Waals surface area contributed by atoms with Gasteiger partial charge in [-0.2, -0.15) is 0 Å². The van der Waals surface area contributed by atoms with Crippen LogP contribution in [0.5, 0.6) is 0 Å². The second-order valence-corrected chi connectivity index (χ2v) is 8.57. The van der Waals surface area contributed by atoms with Gasteiger partial charge in [-0.25, -0.2) is 0 Å². The molecule has 2 aromatic carbocycles. The Bertz CT molecular complexity index is 1030. The van der Waals surface area contributed by atoms with Crippen molar-refractivity contribution in [2.45, 2.75) is 32.9 Å². The third-order valence-electron chi connectivity index (χ3n) is 6.26. The van der Waals surface area contributed by atoms with E-state index in [0.29, 0.717) is 12.8 Å². The summed E-state index contributed by atoms with van der Waals surface area (Å²) in [5.74, 6) is -5.40. The van der Waals surface area contributed by atoms with Crippen LogP contribution in [0.4, 0.5) is 0 Å². The van der Waals surface area contributed by atoms with E-state index in [0.717, 1.165) is 15.7 Å². The zero-order chi connectivity index (χ0) is 23.7. The van der Waals surface area contributed by atoms with E-state index >= 15 is 0 Å². The van der Waals surface area contributed by atoms with E-state index in [1.165, 1.54) is 4.90 Å². The summed E-state index contributed by atoms with van der Waals surface area (Å²) in [5, 5.41) is 11.6. The number of hydrogen-bond donors (Lipinski definition) is 2. The lowest BCUT2D eigenvalue weighted by Gasteiger charge is -2.35. The number of hydrogen-bond acceptors (Lipinski definition) is 5. The van der Waals surface area contributed by atoms with Crippen molar-refractivity contribution in [3.8, 4) is 0 Å². The van der Waals surface area contributed by atoms with Crippen LogP contribution in [0.1, 0.15) is 47.4 Å². The molecule has 2 unspecified atom stereocenters. The van der Waals surface area contributed by atoms with Crippen LogP contribution in [0.3, 0.4) is 0 Å². The van der Waals surface area contributed by atoms with Crippen molar-refractivity contribution in [3.05, 3.63) is 47.5 Å².